The van der Waals surface area contributed by atoms with Crippen molar-refractivity contribution in [1.29, 1.82) is 0 Å². The van der Waals surface area contributed by atoms with Crippen molar-refractivity contribution >= 4 is 11.6 Å². The lowest BCUT2D eigenvalue weighted by Gasteiger charge is -2.08. The highest BCUT2D eigenvalue weighted by Gasteiger charge is 2.34. The van der Waals surface area contributed by atoms with Crippen molar-refractivity contribution < 1.29 is 18.0 Å². The Morgan fingerprint density at radius 2 is 2.05 bits per heavy atom. The fourth-order valence-corrected chi connectivity index (χ4v) is 1.51. The van der Waals surface area contributed by atoms with Crippen molar-refractivity contribution in [3.05, 3.63) is 35.7 Å². The minimum atomic E-state index is -4.63. The molecule has 2 rings (SSSR count). The van der Waals surface area contributed by atoms with Crippen LogP contribution in [0.4, 0.5) is 18.9 Å². The van der Waals surface area contributed by atoms with Gasteiger partial charge in [-0.15, -0.1) is 0 Å². The SMILES string of the molecule is Cc1nc(C(=O)Nc2cnn(C)c2)cc(C(F)(F)F)n1. The number of aryl methyl sites for hydroxylation is 2. The summed E-state index contributed by atoms with van der Waals surface area (Å²) in [5.41, 5.74) is -1.14. The van der Waals surface area contributed by atoms with Crippen molar-refractivity contribution in [2.24, 2.45) is 7.05 Å². The quantitative estimate of drug-likeness (QED) is 0.913. The maximum Gasteiger partial charge on any atom is 0.433 e. The minimum Gasteiger partial charge on any atom is -0.318 e. The van der Waals surface area contributed by atoms with E-state index in [9.17, 15) is 18.0 Å². The molecular weight excluding hydrogens is 275 g/mol. The van der Waals surface area contributed by atoms with Crippen LogP contribution in [-0.4, -0.2) is 25.7 Å². The van der Waals surface area contributed by atoms with Gasteiger partial charge in [0, 0.05) is 19.3 Å². The lowest BCUT2D eigenvalue weighted by molar-refractivity contribution is -0.141. The van der Waals surface area contributed by atoms with Crippen molar-refractivity contribution in [3.8, 4) is 0 Å². The van der Waals surface area contributed by atoms with Crippen molar-refractivity contribution in [3.63, 3.8) is 0 Å². The topological polar surface area (TPSA) is 72.7 Å². The summed E-state index contributed by atoms with van der Waals surface area (Å²) in [7, 11) is 1.65. The van der Waals surface area contributed by atoms with Gasteiger partial charge in [-0.3, -0.25) is 9.48 Å². The first-order chi connectivity index (χ1) is 9.25. The first kappa shape index (κ1) is 14.0. The number of anilines is 1. The van der Waals surface area contributed by atoms with Gasteiger partial charge in [-0.25, -0.2) is 9.97 Å². The van der Waals surface area contributed by atoms with Gasteiger partial charge in [-0.2, -0.15) is 18.3 Å². The summed E-state index contributed by atoms with van der Waals surface area (Å²) in [6.07, 6.45) is -1.75. The number of nitrogens with zero attached hydrogens (tertiary/aromatic N) is 4. The normalized spacial score (nSPS) is 11.4. The van der Waals surface area contributed by atoms with Gasteiger partial charge < -0.3 is 5.32 Å². The van der Waals surface area contributed by atoms with Crippen molar-refractivity contribution in [2.45, 2.75) is 13.1 Å². The Balaban J connectivity index is 2.28. The summed E-state index contributed by atoms with van der Waals surface area (Å²) in [6.45, 7) is 1.29. The van der Waals surface area contributed by atoms with Gasteiger partial charge in [0.25, 0.3) is 5.91 Å². The Labute approximate surface area is 111 Å². The predicted molar refractivity (Wildman–Crippen MR) is 62.9 cm³/mol. The number of aromatic nitrogens is 4. The molecular formula is C11H10F3N5O. The second-order valence-corrected chi connectivity index (χ2v) is 4.04. The average Bonchev–Trinajstić information content (AvgIpc) is 2.72. The number of halogens is 3. The van der Waals surface area contributed by atoms with Crippen LogP contribution in [0.3, 0.4) is 0 Å². The third-order valence-corrected chi connectivity index (χ3v) is 2.32. The van der Waals surface area contributed by atoms with E-state index in [1.165, 1.54) is 24.0 Å². The number of nitrogens with one attached hydrogen (secondary N) is 1. The average molecular weight is 285 g/mol. The second kappa shape index (κ2) is 4.91. The molecule has 0 bridgehead atoms. The third-order valence-electron chi connectivity index (χ3n) is 2.32. The van der Waals surface area contributed by atoms with Gasteiger partial charge >= 0.3 is 6.18 Å². The number of carbonyl (C=O) groups is 1. The molecule has 0 spiro atoms. The van der Waals surface area contributed by atoms with Crippen molar-refractivity contribution in [2.75, 3.05) is 5.32 Å². The molecule has 20 heavy (non-hydrogen) atoms. The smallest absolute Gasteiger partial charge is 0.318 e. The molecule has 0 aliphatic rings. The first-order valence-electron chi connectivity index (χ1n) is 5.48. The Morgan fingerprint density at radius 1 is 1.35 bits per heavy atom. The Bertz CT molecular complexity index is 650. The Hall–Kier alpha value is -2.45. The van der Waals surface area contributed by atoms with Crippen LogP contribution in [0.15, 0.2) is 18.5 Å². The summed E-state index contributed by atoms with van der Waals surface area (Å²) in [4.78, 5) is 18.8. The van der Waals surface area contributed by atoms with Gasteiger partial charge in [0.1, 0.15) is 17.2 Å². The Morgan fingerprint density at radius 3 is 2.60 bits per heavy atom. The zero-order valence-electron chi connectivity index (χ0n) is 10.6. The summed E-state index contributed by atoms with van der Waals surface area (Å²) >= 11 is 0. The first-order valence-corrected chi connectivity index (χ1v) is 5.48. The second-order valence-electron chi connectivity index (χ2n) is 4.04. The molecule has 0 aliphatic heterocycles. The predicted octanol–water partition coefficient (Wildman–Crippen LogP) is 1.79. The molecule has 2 aromatic heterocycles. The number of hydrogen-bond acceptors (Lipinski definition) is 4. The van der Waals surface area contributed by atoms with Gasteiger partial charge in [-0.1, -0.05) is 0 Å². The number of hydrogen-bond donors (Lipinski definition) is 1. The molecule has 1 amide bonds. The molecule has 1 N–H and O–H groups in total. The van der Waals surface area contributed by atoms with E-state index in [0.29, 0.717) is 11.8 Å². The lowest BCUT2D eigenvalue weighted by atomic mass is 10.3. The van der Waals surface area contributed by atoms with Crippen molar-refractivity contribution in [1.82, 2.24) is 19.7 Å². The molecule has 9 heteroatoms. The summed E-state index contributed by atoms with van der Waals surface area (Å²) in [5, 5.41) is 6.23. The zero-order valence-corrected chi connectivity index (χ0v) is 10.6. The van der Waals surface area contributed by atoms with E-state index in [-0.39, 0.29) is 11.5 Å². The molecule has 2 aromatic rings. The van der Waals surface area contributed by atoms with Crippen LogP contribution < -0.4 is 5.32 Å². The molecule has 0 saturated carbocycles. The zero-order chi connectivity index (χ0) is 14.9. The molecule has 0 fully saturated rings. The van der Waals surface area contributed by atoms with E-state index in [4.69, 9.17) is 0 Å². The van der Waals surface area contributed by atoms with E-state index in [1.54, 1.807) is 7.05 Å². The van der Waals surface area contributed by atoms with E-state index in [0.717, 1.165) is 0 Å². The van der Waals surface area contributed by atoms with Gasteiger partial charge in [0.05, 0.1) is 11.9 Å². The lowest BCUT2D eigenvalue weighted by Crippen LogP contribution is -2.18. The van der Waals surface area contributed by atoms with E-state index >= 15 is 0 Å². The number of rotatable bonds is 2. The van der Waals surface area contributed by atoms with Gasteiger partial charge in [-0.05, 0) is 6.92 Å². The van der Waals surface area contributed by atoms with E-state index in [1.807, 2.05) is 0 Å². The van der Waals surface area contributed by atoms with Crippen LogP contribution in [0.1, 0.15) is 22.0 Å². The molecule has 0 aromatic carbocycles. The highest BCUT2D eigenvalue weighted by molar-refractivity contribution is 6.02. The largest absolute Gasteiger partial charge is 0.433 e. The van der Waals surface area contributed by atoms with Crippen LogP contribution in [0.2, 0.25) is 0 Å². The van der Waals surface area contributed by atoms with Crippen LogP contribution in [0, 0.1) is 6.92 Å². The van der Waals surface area contributed by atoms with E-state index < -0.39 is 17.8 Å². The summed E-state index contributed by atoms with van der Waals surface area (Å²) in [6, 6.07) is 0.610. The monoisotopic (exact) mass is 285 g/mol. The minimum absolute atomic E-state index is 0.129. The maximum atomic E-state index is 12.6. The van der Waals surface area contributed by atoms with Gasteiger partial charge in [0.2, 0.25) is 0 Å². The fourth-order valence-electron chi connectivity index (χ4n) is 1.51. The summed E-state index contributed by atoms with van der Waals surface area (Å²) < 4.78 is 39.3. The van der Waals surface area contributed by atoms with Crippen LogP contribution in [-0.2, 0) is 13.2 Å². The standard InChI is InChI=1S/C11H10F3N5O/c1-6-16-8(3-9(17-6)11(12,13)14)10(20)18-7-4-15-19(2)5-7/h3-5H,1-2H3,(H,18,20). The molecule has 106 valence electrons. The molecule has 0 unspecified atom stereocenters. The molecule has 6 nitrogen and oxygen atoms in total. The Kier molecular flexibility index (Phi) is 3.43. The highest BCUT2D eigenvalue weighted by Crippen LogP contribution is 2.27. The van der Waals surface area contributed by atoms with E-state index in [2.05, 4.69) is 20.4 Å². The summed E-state index contributed by atoms with van der Waals surface area (Å²) in [5.74, 6) is -0.884. The molecule has 2 heterocycles. The number of carbonyl (C=O) groups excluding carboxylic acids is 1. The van der Waals surface area contributed by atoms with Crippen LogP contribution >= 0.6 is 0 Å². The van der Waals surface area contributed by atoms with Crippen LogP contribution in [0.5, 0.6) is 0 Å². The fraction of sp³-hybridized carbons (Fsp3) is 0.273. The number of amides is 1. The van der Waals surface area contributed by atoms with Crippen LogP contribution in [0.25, 0.3) is 0 Å². The third kappa shape index (κ3) is 3.11. The van der Waals surface area contributed by atoms with Gasteiger partial charge in [0.15, 0.2) is 0 Å². The molecule has 0 atom stereocenters. The molecule has 0 saturated heterocycles. The maximum absolute atomic E-state index is 12.6. The highest BCUT2D eigenvalue weighted by atomic mass is 19.4. The molecule has 0 aliphatic carbocycles. The number of alkyl halides is 3. The molecule has 0 radical (unpaired) electrons.